The molecule has 0 radical (unpaired) electrons. The number of ether oxygens (including phenoxy) is 1. The topological polar surface area (TPSA) is 94.5 Å². The van der Waals surface area contributed by atoms with Crippen molar-refractivity contribution in [2.45, 2.75) is 27.3 Å². The number of allylic oxidation sites excluding steroid dienone is 4. The maximum atomic E-state index is 11.8. The van der Waals surface area contributed by atoms with E-state index in [0.717, 1.165) is 22.7 Å². The first-order valence-corrected chi connectivity index (χ1v) is 7.74. The quantitative estimate of drug-likeness (QED) is 0.487. The van der Waals surface area contributed by atoms with Gasteiger partial charge in [0.25, 0.3) is 0 Å². The van der Waals surface area contributed by atoms with Crippen molar-refractivity contribution in [3.05, 3.63) is 52.6 Å². The number of hydrogen-bond donors (Lipinski definition) is 2. The van der Waals surface area contributed by atoms with Crippen molar-refractivity contribution in [1.29, 1.82) is 0 Å². The first-order chi connectivity index (χ1) is 11.4. The van der Waals surface area contributed by atoms with Gasteiger partial charge in [0.05, 0.1) is 13.2 Å². The van der Waals surface area contributed by atoms with Gasteiger partial charge in [0, 0.05) is 30.2 Å². The van der Waals surface area contributed by atoms with Crippen LogP contribution in [0.15, 0.2) is 46.3 Å². The fourth-order valence-corrected chi connectivity index (χ4v) is 2.34. The first-order valence-electron chi connectivity index (χ1n) is 7.74. The van der Waals surface area contributed by atoms with Crippen molar-refractivity contribution in [3.8, 4) is 0 Å². The lowest BCUT2D eigenvalue weighted by Gasteiger charge is -2.18. The van der Waals surface area contributed by atoms with E-state index in [2.05, 4.69) is 15.4 Å². The second-order valence-corrected chi connectivity index (χ2v) is 5.48. The van der Waals surface area contributed by atoms with Crippen LogP contribution in [0.5, 0.6) is 0 Å². The van der Waals surface area contributed by atoms with Gasteiger partial charge in [0.2, 0.25) is 0 Å². The van der Waals surface area contributed by atoms with E-state index in [9.17, 15) is 4.79 Å². The summed E-state index contributed by atoms with van der Waals surface area (Å²) in [7, 11) is 1.65. The lowest BCUT2D eigenvalue weighted by atomic mass is 10.1. The number of carbonyl (C=O) groups is 1. The van der Waals surface area contributed by atoms with Crippen LogP contribution in [-0.2, 0) is 11.3 Å². The van der Waals surface area contributed by atoms with Crippen molar-refractivity contribution < 1.29 is 9.53 Å². The Morgan fingerprint density at radius 2 is 2.21 bits per heavy atom. The maximum absolute atomic E-state index is 11.8. The van der Waals surface area contributed by atoms with Crippen LogP contribution >= 0.6 is 0 Å². The summed E-state index contributed by atoms with van der Waals surface area (Å²) in [5.74, 6) is 0.0381. The van der Waals surface area contributed by atoms with Crippen LogP contribution in [0.4, 0.5) is 0 Å². The minimum Gasteiger partial charge on any atom is -0.461 e. The normalized spacial score (nSPS) is 16.5. The van der Waals surface area contributed by atoms with Crippen molar-refractivity contribution in [2.75, 3.05) is 13.7 Å². The predicted octanol–water partition coefficient (Wildman–Crippen LogP) is 1.67. The largest absolute Gasteiger partial charge is 0.461 e. The summed E-state index contributed by atoms with van der Waals surface area (Å²) >= 11 is 0. The van der Waals surface area contributed by atoms with E-state index in [4.69, 9.17) is 10.5 Å². The smallest absolute Gasteiger partial charge is 0.358 e. The molecule has 0 bridgehead atoms. The molecular formula is C17H23N5O2. The molecule has 0 spiro atoms. The number of nitrogens with zero attached hydrogens (tertiary/aromatic N) is 3. The van der Waals surface area contributed by atoms with E-state index in [0.29, 0.717) is 24.7 Å². The van der Waals surface area contributed by atoms with Crippen molar-refractivity contribution in [2.24, 2.45) is 10.7 Å². The lowest BCUT2D eigenvalue weighted by molar-refractivity contribution is 0.0518. The van der Waals surface area contributed by atoms with Crippen molar-refractivity contribution in [3.63, 3.8) is 0 Å². The van der Waals surface area contributed by atoms with Crippen LogP contribution in [0, 0.1) is 6.92 Å². The maximum Gasteiger partial charge on any atom is 0.358 e. The van der Waals surface area contributed by atoms with Gasteiger partial charge in [-0.25, -0.2) is 4.79 Å². The molecule has 0 saturated heterocycles. The highest BCUT2D eigenvalue weighted by atomic mass is 16.5. The molecule has 0 aliphatic carbocycles. The van der Waals surface area contributed by atoms with Gasteiger partial charge in [0.15, 0.2) is 5.69 Å². The molecule has 0 unspecified atom stereocenters. The Morgan fingerprint density at radius 1 is 1.46 bits per heavy atom. The van der Waals surface area contributed by atoms with E-state index < -0.39 is 5.97 Å². The van der Waals surface area contributed by atoms with Crippen molar-refractivity contribution in [1.82, 2.24) is 15.1 Å². The average molecular weight is 329 g/mol. The minimum atomic E-state index is -0.409. The number of nitrogens with two attached hydrogens (primary N) is 1. The Kier molecular flexibility index (Phi) is 5.57. The number of aliphatic imine (C=N–C) groups is 1. The molecule has 24 heavy (non-hydrogen) atoms. The molecule has 3 N–H and O–H groups in total. The second-order valence-electron chi connectivity index (χ2n) is 5.48. The monoisotopic (exact) mass is 329 g/mol. The fraction of sp³-hybridized carbons (Fsp3) is 0.353. The predicted molar refractivity (Wildman–Crippen MR) is 93.5 cm³/mol. The van der Waals surface area contributed by atoms with E-state index in [-0.39, 0.29) is 0 Å². The SMILES string of the molecule is CCOC(=O)c1cc(C)n(CC2=CC(C)=C/C(=C/C(N)=NC)N2)n1. The summed E-state index contributed by atoms with van der Waals surface area (Å²) in [5.41, 5.74) is 9.86. The molecule has 2 rings (SSSR count). The summed E-state index contributed by atoms with van der Waals surface area (Å²) in [6.07, 6.45) is 5.79. The fourth-order valence-electron chi connectivity index (χ4n) is 2.34. The zero-order valence-corrected chi connectivity index (χ0v) is 14.5. The number of amidine groups is 1. The van der Waals surface area contributed by atoms with Gasteiger partial charge >= 0.3 is 5.97 Å². The molecule has 0 fully saturated rings. The molecule has 0 atom stereocenters. The van der Waals surface area contributed by atoms with Crippen molar-refractivity contribution >= 4 is 11.8 Å². The molecule has 1 aliphatic rings. The summed E-state index contributed by atoms with van der Waals surface area (Å²) in [4.78, 5) is 15.7. The van der Waals surface area contributed by atoms with E-state index >= 15 is 0 Å². The lowest BCUT2D eigenvalue weighted by Crippen LogP contribution is -2.22. The molecule has 7 nitrogen and oxygen atoms in total. The highest BCUT2D eigenvalue weighted by molar-refractivity contribution is 5.92. The van der Waals surface area contributed by atoms with Crippen LogP contribution in [0.25, 0.3) is 0 Å². The number of aryl methyl sites for hydroxylation is 1. The molecule has 0 aromatic carbocycles. The zero-order chi connectivity index (χ0) is 17.7. The molecule has 1 aromatic rings. The van der Waals surface area contributed by atoms with Gasteiger partial charge in [-0.1, -0.05) is 0 Å². The molecule has 7 heteroatoms. The third kappa shape index (κ3) is 4.34. The molecule has 0 saturated carbocycles. The number of nitrogens with one attached hydrogen (secondary N) is 1. The number of carbonyl (C=O) groups excluding carboxylic acids is 1. The minimum absolute atomic E-state index is 0.316. The van der Waals surface area contributed by atoms with Gasteiger partial charge in [-0.15, -0.1) is 0 Å². The standard InChI is InChI=1S/C17H23N5O2/c1-5-24-17(23)15-8-12(3)22(21-15)10-14-7-11(2)6-13(20-14)9-16(18)19-4/h6-9,20H,5,10H2,1-4H3,(H2,18,19)/b13-9-. The molecular weight excluding hydrogens is 306 g/mol. The summed E-state index contributed by atoms with van der Waals surface area (Å²) in [6.45, 7) is 6.52. The van der Waals surface area contributed by atoms with Gasteiger partial charge in [-0.05, 0) is 44.6 Å². The van der Waals surface area contributed by atoms with Gasteiger partial charge < -0.3 is 15.8 Å². The molecule has 0 amide bonds. The number of esters is 1. The van der Waals surface area contributed by atoms with E-state index in [1.54, 1.807) is 30.8 Å². The summed E-state index contributed by atoms with van der Waals surface area (Å²) < 4.78 is 6.75. The van der Waals surface area contributed by atoms with Crippen LogP contribution in [0.2, 0.25) is 0 Å². The molecule has 2 heterocycles. The Labute approximate surface area is 141 Å². The molecule has 1 aromatic heterocycles. The third-order valence-corrected chi connectivity index (χ3v) is 3.44. The van der Waals surface area contributed by atoms with Gasteiger partial charge in [-0.2, -0.15) is 5.10 Å². The van der Waals surface area contributed by atoms with Crippen LogP contribution in [0.3, 0.4) is 0 Å². The highest BCUT2D eigenvalue weighted by Gasteiger charge is 2.15. The van der Waals surface area contributed by atoms with Crippen LogP contribution in [-0.4, -0.2) is 35.2 Å². The number of hydrogen-bond acceptors (Lipinski definition) is 5. The number of dihydropyridines is 1. The Hall–Kier alpha value is -2.83. The van der Waals surface area contributed by atoms with E-state index in [1.165, 1.54) is 0 Å². The summed E-state index contributed by atoms with van der Waals surface area (Å²) in [5, 5.41) is 7.62. The highest BCUT2D eigenvalue weighted by Crippen LogP contribution is 2.15. The van der Waals surface area contributed by atoms with Crippen LogP contribution in [0.1, 0.15) is 30.0 Å². The van der Waals surface area contributed by atoms with Crippen LogP contribution < -0.4 is 11.1 Å². The van der Waals surface area contributed by atoms with E-state index in [1.807, 2.05) is 26.0 Å². The molecule has 1 aliphatic heterocycles. The average Bonchev–Trinajstić information content (AvgIpc) is 2.88. The number of rotatable bonds is 5. The second kappa shape index (κ2) is 7.63. The third-order valence-electron chi connectivity index (χ3n) is 3.44. The Balaban J connectivity index is 2.18. The molecule has 128 valence electrons. The Morgan fingerprint density at radius 3 is 2.88 bits per heavy atom. The Bertz CT molecular complexity index is 753. The zero-order valence-electron chi connectivity index (χ0n) is 14.5. The first kappa shape index (κ1) is 17.5. The van der Waals surface area contributed by atoms with Gasteiger partial charge in [-0.3, -0.25) is 9.67 Å². The van der Waals surface area contributed by atoms with Gasteiger partial charge in [0.1, 0.15) is 5.84 Å². The number of aromatic nitrogens is 2. The summed E-state index contributed by atoms with van der Waals surface area (Å²) in [6, 6.07) is 1.72.